The number of likely N-dealkylation sites (tertiary alicyclic amines) is 1. The van der Waals surface area contributed by atoms with Gasteiger partial charge in [0.05, 0.1) is 24.2 Å². The molecule has 1 saturated heterocycles. The minimum Gasteiger partial charge on any atom is 2.00 e. The first-order valence-electron chi connectivity index (χ1n) is 7.99. The summed E-state index contributed by atoms with van der Waals surface area (Å²) >= 11 is 2.15. The monoisotopic (exact) mass is 802 g/mol. The number of aromatic nitrogens is 1. The second kappa shape index (κ2) is 11.9. The van der Waals surface area contributed by atoms with E-state index in [1.54, 1.807) is 12.1 Å². The fourth-order valence-electron chi connectivity index (χ4n) is 2.69. The van der Waals surface area contributed by atoms with E-state index in [-0.39, 0.29) is 25.1 Å². The predicted molar refractivity (Wildman–Crippen MR) is 92.9 cm³/mol. The van der Waals surface area contributed by atoms with Crippen LogP contribution in [0.5, 0.6) is 0 Å². The molecule has 1 aliphatic heterocycles. The molecule has 29 heavy (non-hydrogen) atoms. The first kappa shape index (κ1) is 26.7. The summed E-state index contributed by atoms with van der Waals surface area (Å²) in [5, 5.41) is 3.17. The van der Waals surface area contributed by atoms with Gasteiger partial charge in [-0.25, -0.2) is 15.3 Å². The number of benzene rings is 1. The number of nitrogens with one attached hydrogen (secondary N) is 1. The molecule has 5 nitrogen and oxygen atoms in total. The van der Waals surface area contributed by atoms with Crippen LogP contribution >= 0.6 is 0 Å². The third-order valence-electron chi connectivity index (χ3n) is 3.95. The number of rotatable bonds is 3. The van der Waals surface area contributed by atoms with Crippen LogP contribution in [0.4, 0.5) is 12.7 Å². The van der Waals surface area contributed by atoms with Gasteiger partial charge in [-0.05, 0) is 18.6 Å². The fourth-order valence-corrected chi connectivity index (χ4v) is 2.69. The average molecular weight is 802 g/mol. The molecule has 1 N–H and O–H groups in total. The maximum absolute atomic E-state index is 13.1. The van der Waals surface area contributed by atoms with Gasteiger partial charge in [0, 0.05) is 11.6 Å². The van der Waals surface area contributed by atoms with Crippen LogP contribution in [0.15, 0.2) is 30.5 Å². The minimum absolute atomic E-state index is 0. The fraction of sp³-hybridized carbons (Fsp3) is 0.294. The van der Waals surface area contributed by atoms with E-state index in [9.17, 15) is 22.3 Å². The average Bonchev–Trinajstić information content (AvgIpc) is 2.99. The topological polar surface area (TPSA) is 62.3 Å². The number of aryl methyl sites for hydroxylation is 1. The summed E-state index contributed by atoms with van der Waals surface area (Å²) in [5.41, 5.74) is 1.35. The molecular formula is C17H16F3N3O2SVW2. The Morgan fingerprint density at radius 2 is 2.00 bits per heavy atom. The Morgan fingerprint density at radius 3 is 2.59 bits per heavy atom. The van der Waals surface area contributed by atoms with E-state index in [4.69, 9.17) is 0 Å². The van der Waals surface area contributed by atoms with Crippen LogP contribution in [0.25, 0.3) is 10.9 Å². The third-order valence-corrected chi connectivity index (χ3v) is 3.95. The molecule has 155 valence electrons. The summed E-state index contributed by atoms with van der Waals surface area (Å²) < 4.78 is 37.3. The van der Waals surface area contributed by atoms with Crippen molar-refractivity contribution in [3.05, 3.63) is 48.1 Å². The second-order valence-corrected chi connectivity index (χ2v) is 22.5. The number of hydrogen-bond donors (Lipinski definition) is 1. The van der Waals surface area contributed by atoms with E-state index in [2.05, 4.69) is 10.3 Å². The number of pyridine rings is 1. The molecule has 0 spiro atoms. The van der Waals surface area contributed by atoms with Crippen molar-refractivity contribution in [1.82, 2.24) is 15.2 Å². The number of amides is 2. The van der Waals surface area contributed by atoms with Crippen molar-refractivity contribution in [3.63, 3.8) is 0 Å². The smallest absolute Gasteiger partial charge is 2.00 e. The van der Waals surface area contributed by atoms with Crippen LogP contribution in [-0.2, 0) is 65.0 Å². The van der Waals surface area contributed by atoms with E-state index >= 15 is 0 Å². The molecule has 2 heterocycles. The predicted octanol–water partition coefficient (Wildman–Crippen LogP) is 2.71. The van der Waals surface area contributed by atoms with Crippen LogP contribution in [0.2, 0.25) is 0 Å². The van der Waals surface area contributed by atoms with Crippen LogP contribution in [0.3, 0.4) is 0 Å². The molecule has 1 aromatic heterocycles. The Hall–Kier alpha value is -0.329. The third kappa shape index (κ3) is 8.02. The Morgan fingerprint density at radius 1 is 1.34 bits per heavy atom. The maximum atomic E-state index is 13.1. The van der Waals surface area contributed by atoms with Crippen molar-refractivity contribution < 1.29 is 76.8 Å². The van der Waals surface area contributed by atoms with E-state index in [0.717, 1.165) is 46.5 Å². The largest absolute Gasteiger partial charge is 2.00 e. The first-order valence-corrected chi connectivity index (χ1v) is 16.2. The number of carbonyl (C=O) groups is 2. The van der Waals surface area contributed by atoms with Gasteiger partial charge in [-0.1, -0.05) is 24.6 Å². The van der Waals surface area contributed by atoms with Crippen LogP contribution in [0, 0.1) is 13.5 Å². The first-order chi connectivity index (χ1) is 13.1. The van der Waals surface area contributed by atoms with E-state index < -0.39 is 36.4 Å². The summed E-state index contributed by atoms with van der Waals surface area (Å²) in [6.07, 6.45) is 1.07. The molecule has 2 aromatic rings. The molecule has 2 amide bonds. The number of alkyl halides is 2. The number of halogens is 3. The molecule has 0 atom stereocenters. The Bertz CT molecular complexity index is 968. The number of carbonyl (C=O) groups excluding carboxylic acids is 2. The quantitative estimate of drug-likeness (QED) is 0.384. The Balaban J connectivity index is 0.000000771. The van der Waals surface area contributed by atoms with Gasteiger partial charge in [-0.2, -0.15) is 0 Å². The van der Waals surface area contributed by atoms with Gasteiger partial charge in [-0.15, -0.1) is 0 Å². The van der Waals surface area contributed by atoms with Crippen LogP contribution in [0.1, 0.15) is 22.3 Å². The second-order valence-electron chi connectivity index (χ2n) is 5.97. The number of nitrogens with zero attached hydrogens (tertiary/aromatic N) is 2. The van der Waals surface area contributed by atoms with Crippen molar-refractivity contribution in [2.45, 2.75) is 19.3 Å². The van der Waals surface area contributed by atoms with Crippen molar-refractivity contribution in [1.29, 1.82) is 0 Å². The van der Waals surface area contributed by atoms with Crippen molar-refractivity contribution >= 4 is 28.4 Å². The molecule has 1 radical (unpaired) electrons. The van der Waals surface area contributed by atoms with Crippen LogP contribution in [-0.4, -0.2) is 40.7 Å². The Labute approximate surface area is 199 Å². The van der Waals surface area contributed by atoms with Crippen LogP contribution < -0.4 is 5.32 Å². The van der Waals surface area contributed by atoms with E-state index in [1.807, 2.05) is 19.1 Å². The zero-order chi connectivity index (χ0) is 20.9. The summed E-state index contributed by atoms with van der Waals surface area (Å²) in [6.45, 7) is 2.09. The normalized spacial score (nSPS) is 14.7. The van der Waals surface area contributed by atoms with Gasteiger partial charge in [-0.3, -0.25) is 14.6 Å². The van der Waals surface area contributed by atoms with Crippen molar-refractivity contribution in [2.75, 3.05) is 13.1 Å². The molecule has 1 aromatic carbocycles. The van der Waals surface area contributed by atoms with E-state index in [0.29, 0.717) is 16.5 Å². The molecule has 0 bridgehead atoms. The Kier molecular flexibility index (Phi) is 11.0. The van der Waals surface area contributed by atoms with Gasteiger partial charge >= 0.3 is 64.1 Å². The number of para-hydroxylation sites is 1. The summed E-state index contributed by atoms with van der Waals surface area (Å²) in [4.78, 5) is 29.5. The SMILES string of the molecule is Cc1cccc2c(C(=O)NCC(=O)N3[CH-]CC(F)(F)C3)ccnc12.F[S-](=[W])=[W].[V+2]. The standard InChI is InChI=1S/C17H16F2N3O2.FS.V.2W/c1-11-3-2-4-12-13(5-7-20-15(11)12)16(24)21-9-14(23)22-8-6-17(18,19)10-22;1-2;;;/h2-5,7-8H,6,9-10H2,1H3,(H,21,24);;;;/q2*-1;+2;;. The number of fused-ring (bicyclic) bond motifs is 1. The molecular weight excluding hydrogens is 786 g/mol. The zero-order valence-corrected chi connectivity index (χ0v) is 23.2. The molecule has 1 fully saturated rings. The zero-order valence-electron chi connectivity index (χ0n) is 15.1. The molecule has 3 rings (SSSR count). The summed E-state index contributed by atoms with van der Waals surface area (Å²) in [7, 11) is 0. The van der Waals surface area contributed by atoms with Crippen molar-refractivity contribution in [2.24, 2.45) is 0 Å². The molecule has 0 saturated carbocycles. The van der Waals surface area contributed by atoms with E-state index in [1.165, 1.54) is 12.7 Å². The molecule has 0 aliphatic carbocycles. The molecule has 1 aliphatic rings. The molecule has 0 unspecified atom stereocenters. The van der Waals surface area contributed by atoms with Gasteiger partial charge in [0.1, 0.15) is 0 Å². The maximum Gasteiger partial charge on any atom is 2.00 e. The number of hydrogen-bond acceptors (Lipinski definition) is 4. The summed E-state index contributed by atoms with van der Waals surface area (Å²) in [6, 6.07) is 7.06. The van der Waals surface area contributed by atoms with Gasteiger partial charge in [0.2, 0.25) is 11.8 Å². The van der Waals surface area contributed by atoms with Crippen molar-refractivity contribution in [3.8, 4) is 0 Å². The summed E-state index contributed by atoms with van der Waals surface area (Å²) in [5.74, 6) is -3.89. The van der Waals surface area contributed by atoms with Gasteiger partial charge < -0.3 is 10.2 Å². The van der Waals surface area contributed by atoms with Gasteiger partial charge in [0.15, 0.2) is 0 Å². The van der Waals surface area contributed by atoms with Gasteiger partial charge in [0.25, 0.3) is 5.91 Å². The molecule has 12 heteroatoms. The minimum atomic E-state index is -2.89.